The molecule has 0 fully saturated rings. The quantitative estimate of drug-likeness (QED) is 0.478. The number of halogens is 3. The molecule has 1 unspecified atom stereocenters. The van der Waals surface area contributed by atoms with Crippen LogP contribution in [-0.2, 0) is 6.42 Å². The van der Waals surface area contributed by atoms with E-state index in [1.807, 2.05) is 6.07 Å². The van der Waals surface area contributed by atoms with Crippen molar-refractivity contribution in [2.24, 2.45) is 5.84 Å². The molecule has 0 saturated heterocycles. The minimum absolute atomic E-state index is 0.0422. The second-order valence-corrected chi connectivity index (χ2v) is 5.63. The van der Waals surface area contributed by atoms with Gasteiger partial charge in [0.05, 0.1) is 18.2 Å². The molecule has 0 saturated carbocycles. The second-order valence-electron chi connectivity index (χ2n) is 4.40. The van der Waals surface area contributed by atoms with E-state index in [9.17, 15) is 4.39 Å². The summed E-state index contributed by atoms with van der Waals surface area (Å²) in [4.78, 5) is 4.11. The first-order chi connectivity index (χ1) is 10.1. The number of hydrogen-bond donors (Lipinski definition) is 2. The number of aromatic nitrogens is 1. The molecular formula is C14H14BrClFN3O. The van der Waals surface area contributed by atoms with Crippen LogP contribution in [0.25, 0.3) is 0 Å². The number of nitrogens with one attached hydrogen (secondary N) is 1. The molecule has 1 aromatic heterocycles. The summed E-state index contributed by atoms with van der Waals surface area (Å²) in [7, 11) is 1.55. The first-order valence-corrected chi connectivity index (χ1v) is 7.32. The Hall–Kier alpha value is -1.21. The zero-order chi connectivity index (χ0) is 15.4. The molecule has 1 atom stereocenters. The Bertz CT molecular complexity index is 624. The molecule has 2 aromatic rings. The smallest absolute Gasteiger partial charge is 0.212 e. The number of pyridine rings is 1. The molecule has 2 rings (SSSR count). The molecular weight excluding hydrogens is 361 g/mol. The van der Waals surface area contributed by atoms with Gasteiger partial charge in [-0.05, 0) is 34.0 Å². The summed E-state index contributed by atoms with van der Waals surface area (Å²) >= 11 is 9.09. The largest absolute Gasteiger partial charge is 0.481 e. The molecule has 0 radical (unpaired) electrons. The highest BCUT2D eigenvalue weighted by molar-refractivity contribution is 9.10. The number of nitrogens with two attached hydrogens (primary N) is 1. The lowest BCUT2D eigenvalue weighted by Gasteiger charge is -2.18. The Morgan fingerprint density at radius 1 is 1.43 bits per heavy atom. The van der Waals surface area contributed by atoms with Gasteiger partial charge in [0, 0.05) is 22.3 Å². The van der Waals surface area contributed by atoms with Crippen molar-refractivity contribution in [3.8, 4) is 5.88 Å². The molecule has 4 nitrogen and oxygen atoms in total. The normalized spacial score (nSPS) is 12.2. The van der Waals surface area contributed by atoms with Crippen LogP contribution in [0.1, 0.15) is 17.2 Å². The first kappa shape index (κ1) is 16.2. The maximum atomic E-state index is 14.2. The maximum absolute atomic E-state index is 14.2. The molecule has 112 valence electrons. The van der Waals surface area contributed by atoms with E-state index in [0.29, 0.717) is 22.3 Å². The lowest BCUT2D eigenvalue weighted by molar-refractivity contribution is 0.397. The summed E-state index contributed by atoms with van der Waals surface area (Å²) < 4.78 is 19.7. The third kappa shape index (κ3) is 3.71. The highest BCUT2D eigenvalue weighted by Gasteiger charge is 2.18. The van der Waals surface area contributed by atoms with Crippen LogP contribution in [-0.4, -0.2) is 12.1 Å². The van der Waals surface area contributed by atoms with Crippen molar-refractivity contribution in [3.63, 3.8) is 0 Å². The molecule has 0 bridgehead atoms. The molecule has 21 heavy (non-hydrogen) atoms. The second kappa shape index (κ2) is 7.17. The number of ether oxygens (including phenoxy) is 1. The van der Waals surface area contributed by atoms with E-state index >= 15 is 0 Å². The van der Waals surface area contributed by atoms with Crippen LogP contribution in [0, 0.1) is 5.82 Å². The molecule has 3 N–H and O–H groups in total. The topological polar surface area (TPSA) is 60.2 Å². The molecule has 0 spiro atoms. The number of hydrogen-bond acceptors (Lipinski definition) is 4. The van der Waals surface area contributed by atoms with E-state index in [-0.39, 0.29) is 5.02 Å². The predicted molar refractivity (Wildman–Crippen MR) is 83.7 cm³/mol. The fourth-order valence-electron chi connectivity index (χ4n) is 1.96. The Morgan fingerprint density at radius 2 is 2.19 bits per heavy atom. The monoisotopic (exact) mass is 373 g/mol. The van der Waals surface area contributed by atoms with Gasteiger partial charge in [-0.25, -0.2) is 9.37 Å². The summed E-state index contributed by atoms with van der Waals surface area (Å²) in [6, 6.07) is 6.53. The average Bonchev–Trinajstić information content (AvgIpc) is 2.51. The predicted octanol–water partition coefficient (Wildman–Crippen LogP) is 3.39. The fraction of sp³-hybridized carbons (Fsp3) is 0.214. The number of methoxy groups -OCH3 is 1. The summed E-state index contributed by atoms with van der Waals surface area (Å²) in [6.45, 7) is 0. The fourth-order valence-corrected chi connectivity index (χ4v) is 2.44. The van der Waals surface area contributed by atoms with E-state index in [0.717, 1.165) is 5.56 Å². The van der Waals surface area contributed by atoms with Gasteiger partial charge in [0.1, 0.15) is 5.82 Å². The van der Waals surface area contributed by atoms with Crippen molar-refractivity contribution in [1.82, 2.24) is 10.4 Å². The molecule has 1 heterocycles. The van der Waals surface area contributed by atoms with Gasteiger partial charge in [0.25, 0.3) is 0 Å². The van der Waals surface area contributed by atoms with Crippen LogP contribution in [0.2, 0.25) is 5.02 Å². The lowest BCUT2D eigenvalue weighted by atomic mass is 10.00. The first-order valence-electron chi connectivity index (χ1n) is 6.15. The van der Waals surface area contributed by atoms with E-state index in [2.05, 4.69) is 26.3 Å². The van der Waals surface area contributed by atoms with Crippen LogP contribution in [0.4, 0.5) is 4.39 Å². The molecule has 0 aliphatic carbocycles. The third-order valence-corrected chi connectivity index (χ3v) is 4.35. The molecule has 0 aliphatic heterocycles. The summed E-state index contributed by atoms with van der Waals surface area (Å²) in [5, 5.41) is 0.0422. The van der Waals surface area contributed by atoms with Crippen LogP contribution in [0.3, 0.4) is 0 Å². The average molecular weight is 375 g/mol. The van der Waals surface area contributed by atoms with Crippen molar-refractivity contribution in [3.05, 3.63) is 56.9 Å². The highest BCUT2D eigenvalue weighted by atomic mass is 79.9. The SMILES string of the molecule is COc1ccc(CC(NN)c2ccc(Br)c(Cl)c2F)cn1. The van der Waals surface area contributed by atoms with E-state index < -0.39 is 11.9 Å². The maximum Gasteiger partial charge on any atom is 0.212 e. The molecule has 0 aliphatic rings. The van der Waals surface area contributed by atoms with E-state index in [4.69, 9.17) is 22.2 Å². The Kier molecular flexibility index (Phi) is 5.52. The molecule has 0 amide bonds. The zero-order valence-electron chi connectivity index (χ0n) is 11.2. The van der Waals surface area contributed by atoms with Crippen molar-refractivity contribution in [2.75, 3.05) is 7.11 Å². The van der Waals surface area contributed by atoms with Crippen molar-refractivity contribution < 1.29 is 9.13 Å². The minimum atomic E-state index is -0.490. The minimum Gasteiger partial charge on any atom is -0.481 e. The van der Waals surface area contributed by atoms with Crippen LogP contribution >= 0.6 is 27.5 Å². The standard InChI is InChI=1S/C14H14BrClFN3O/c1-21-12-5-2-8(7-19-12)6-11(20-18)9-3-4-10(15)13(16)14(9)17/h2-5,7,11,20H,6,18H2,1H3. The van der Waals surface area contributed by atoms with Crippen molar-refractivity contribution in [2.45, 2.75) is 12.5 Å². The van der Waals surface area contributed by atoms with Gasteiger partial charge in [0.15, 0.2) is 0 Å². The summed E-state index contributed by atoms with van der Waals surface area (Å²) in [5.41, 5.74) is 3.91. The van der Waals surface area contributed by atoms with Gasteiger partial charge in [-0.1, -0.05) is 23.7 Å². The Labute approximate surface area is 135 Å². The number of rotatable bonds is 5. The van der Waals surface area contributed by atoms with Gasteiger partial charge in [0.2, 0.25) is 5.88 Å². The van der Waals surface area contributed by atoms with E-state index in [1.165, 1.54) is 0 Å². The number of benzene rings is 1. The van der Waals surface area contributed by atoms with Crippen LogP contribution in [0.15, 0.2) is 34.9 Å². The van der Waals surface area contributed by atoms with Gasteiger partial charge in [-0.3, -0.25) is 11.3 Å². The van der Waals surface area contributed by atoms with Crippen LogP contribution in [0.5, 0.6) is 5.88 Å². The highest BCUT2D eigenvalue weighted by Crippen LogP contribution is 2.31. The zero-order valence-corrected chi connectivity index (χ0v) is 13.6. The number of hydrazine groups is 1. The van der Waals surface area contributed by atoms with Gasteiger partial charge in [-0.2, -0.15) is 0 Å². The summed E-state index contributed by atoms with van der Waals surface area (Å²) in [5.74, 6) is 5.58. The van der Waals surface area contributed by atoms with Gasteiger partial charge < -0.3 is 4.74 Å². The molecule has 7 heteroatoms. The van der Waals surface area contributed by atoms with E-state index in [1.54, 1.807) is 31.5 Å². The number of nitrogens with zero attached hydrogens (tertiary/aromatic N) is 1. The molecule has 1 aromatic carbocycles. The lowest BCUT2D eigenvalue weighted by Crippen LogP contribution is -2.30. The van der Waals surface area contributed by atoms with Crippen LogP contribution < -0.4 is 16.0 Å². The Balaban J connectivity index is 2.25. The van der Waals surface area contributed by atoms with Gasteiger partial charge in [-0.15, -0.1) is 0 Å². The Morgan fingerprint density at radius 3 is 2.76 bits per heavy atom. The van der Waals surface area contributed by atoms with Crippen molar-refractivity contribution >= 4 is 27.5 Å². The van der Waals surface area contributed by atoms with Crippen molar-refractivity contribution in [1.29, 1.82) is 0 Å². The third-order valence-electron chi connectivity index (χ3n) is 3.09. The summed E-state index contributed by atoms with van der Waals surface area (Å²) in [6.07, 6.45) is 2.14. The van der Waals surface area contributed by atoms with Gasteiger partial charge >= 0.3 is 0 Å².